The van der Waals surface area contributed by atoms with E-state index in [-0.39, 0.29) is 24.7 Å². The fourth-order valence-electron chi connectivity index (χ4n) is 3.28. The van der Waals surface area contributed by atoms with Gasteiger partial charge in [0.15, 0.2) is 11.5 Å². The number of aromatic nitrogens is 3. The summed E-state index contributed by atoms with van der Waals surface area (Å²) >= 11 is 6.25. The van der Waals surface area contributed by atoms with Gasteiger partial charge in [0, 0.05) is 19.5 Å². The van der Waals surface area contributed by atoms with E-state index in [1.54, 1.807) is 16.7 Å². The number of benzene rings is 1. The highest BCUT2D eigenvalue weighted by molar-refractivity contribution is 6.32. The monoisotopic (exact) mass is 408 g/mol. The molecule has 1 aliphatic rings. The number of hydrogen-bond donors (Lipinski definition) is 1. The molecule has 0 saturated carbocycles. The zero-order valence-corrected chi connectivity index (χ0v) is 16.9. The molecule has 0 saturated heterocycles. The topological polar surface area (TPSA) is 87.4 Å². The highest BCUT2D eigenvalue weighted by atomic mass is 35.5. The van der Waals surface area contributed by atoms with Crippen molar-refractivity contribution in [2.24, 2.45) is 0 Å². The first-order valence-electron chi connectivity index (χ1n) is 9.46. The summed E-state index contributed by atoms with van der Waals surface area (Å²) in [7, 11) is 1.53. The molecule has 1 N–H and O–H groups in total. The van der Waals surface area contributed by atoms with Crippen molar-refractivity contribution in [3.63, 3.8) is 0 Å². The summed E-state index contributed by atoms with van der Waals surface area (Å²) in [5, 5.41) is 7.54. The van der Waals surface area contributed by atoms with Crippen LogP contribution in [0.25, 0.3) is 0 Å². The zero-order valence-electron chi connectivity index (χ0n) is 16.2. The molecule has 1 amide bonds. The molecular weight excluding hydrogens is 384 g/mol. The van der Waals surface area contributed by atoms with Crippen molar-refractivity contribution in [3.8, 4) is 11.5 Å². The van der Waals surface area contributed by atoms with Gasteiger partial charge < -0.3 is 14.8 Å². The minimum absolute atomic E-state index is 0.110. The van der Waals surface area contributed by atoms with E-state index in [2.05, 4.69) is 10.4 Å². The number of carbonyl (C=O) groups excluding carboxylic acids is 1. The summed E-state index contributed by atoms with van der Waals surface area (Å²) in [5.74, 6) is 1.46. The average Bonchev–Trinajstić information content (AvgIpc) is 2.85. The van der Waals surface area contributed by atoms with Gasteiger partial charge in [-0.2, -0.15) is 5.10 Å². The van der Waals surface area contributed by atoms with Crippen molar-refractivity contribution in [1.29, 1.82) is 0 Å². The first kappa shape index (κ1) is 20.3. The predicted molar refractivity (Wildman–Crippen MR) is 105 cm³/mol. The van der Waals surface area contributed by atoms with Crippen molar-refractivity contribution in [3.05, 3.63) is 39.0 Å². The molecule has 0 aliphatic carbocycles. The van der Waals surface area contributed by atoms with Gasteiger partial charge in [0.1, 0.15) is 12.4 Å². The van der Waals surface area contributed by atoms with Crippen LogP contribution in [0.3, 0.4) is 0 Å². The van der Waals surface area contributed by atoms with Crippen LogP contribution >= 0.6 is 11.6 Å². The van der Waals surface area contributed by atoms with Gasteiger partial charge in [-0.3, -0.25) is 9.36 Å². The Morgan fingerprint density at radius 3 is 2.89 bits per heavy atom. The molecule has 0 unspecified atom stereocenters. The number of rotatable bonds is 7. The maximum Gasteiger partial charge on any atom is 0.346 e. The molecule has 0 atom stereocenters. The van der Waals surface area contributed by atoms with Crippen molar-refractivity contribution in [2.75, 3.05) is 13.7 Å². The lowest BCUT2D eigenvalue weighted by atomic mass is 10.2. The normalized spacial score (nSPS) is 13.5. The second-order valence-electron chi connectivity index (χ2n) is 6.64. The number of ether oxygens (including phenoxy) is 2. The lowest BCUT2D eigenvalue weighted by molar-refractivity contribution is -0.122. The second kappa shape index (κ2) is 9.14. The third kappa shape index (κ3) is 4.49. The molecule has 3 rings (SSSR count). The lowest BCUT2D eigenvalue weighted by Gasteiger charge is -2.13. The number of nitrogens with zero attached hydrogens (tertiary/aromatic N) is 3. The van der Waals surface area contributed by atoms with Crippen molar-refractivity contribution in [1.82, 2.24) is 19.7 Å². The Kier molecular flexibility index (Phi) is 6.61. The van der Waals surface area contributed by atoms with Crippen LogP contribution in [-0.2, 0) is 30.8 Å². The van der Waals surface area contributed by atoms with Gasteiger partial charge in [-0.05, 0) is 37.5 Å². The molecule has 1 aliphatic heterocycles. The van der Waals surface area contributed by atoms with Gasteiger partial charge >= 0.3 is 5.69 Å². The van der Waals surface area contributed by atoms with E-state index >= 15 is 0 Å². The molecule has 0 radical (unpaired) electrons. The van der Waals surface area contributed by atoms with Crippen molar-refractivity contribution in [2.45, 2.75) is 52.2 Å². The highest BCUT2D eigenvalue weighted by Gasteiger charge is 2.17. The van der Waals surface area contributed by atoms with Gasteiger partial charge in [0.05, 0.1) is 18.7 Å². The third-order valence-electron chi connectivity index (χ3n) is 4.64. The van der Waals surface area contributed by atoms with E-state index in [1.807, 2.05) is 6.92 Å². The van der Waals surface area contributed by atoms with Crippen LogP contribution in [0, 0.1) is 0 Å². The summed E-state index contributed by atoms with van der Waals surface area (Å²) in [6.07, 6.45) is 3.85. The SMILES string of the molecule is CCOc1c(Cl)cc(CNC(=O)Cn2nc3n(c2=O)CCCCC3)cc1OC. The van der Waals surface area contributed by atoms with Crippen LogP contribution < -0.4 is 20.5 Å². The minimum atomic E-state index is -0.292. The molecule has 2 heterocycles. The van der Waals surface area contributed by atoms with Crippen LogP contribution in [0.2, 0.25) is 5.02 Å². The van der Waals surface area contributed by atoms with E-state index in [0.29, 0.717) is 29.7 Å². The molecule has 1 aromatic carbocycles. The number of aryl methyl sites for hydroxylation is 1. The van der Waals surface area contributed by atoms with Crippen molar-refractivity contribution < 1.29 is 14.3 Å². The van der Waals surface area contributed by atoms with E-state index in [1.165, 1.54) is 11.8 Å². The molecular formula is C19H25ClN4O4. The highest BCUT2D eigenvalue weighted by Crippen LogP contribution is 2.36. The van der Waals surface area contributed by atoms with Gasteiger partial charge in [0.2, 0.25) is 5.91 Å². The molecule has 0 spiro atoms. The van der Waals surface area contributed by atoms with Gasteiger partial charge in [-0.15, -0.1) is 0 Å². The van der Waals surface area contributed by atoms with Crippen LogP contribution in [-0.4, -0.2) is 34.0 Å². The number of hydrogen-bond acceptors (Lipinski definition) is 5. The maximum absolute atomic E-state index is 12.4. The third-order valence-corrected chi connectivity index (χ3v) is 4.92. The predicted octanol–water partition coefficient (Wildman–Crippen LogP) is 2.15. The Hall–Kier alpha value is -2.48. The quantitative estimate of drug-likeness (QED) is 0.758. The van der Waals surface area contributed by atoms with Crippen LogP contribution in [0.15, 0.2) is 16.9 Å². The first-order valence-corrected chi connectivity index (χ1v) is 9.83. The van der Waals surface area contributed by atoms with Crippen LogP contribution in [0.1, 0.15) is 37.6 Å². The standard InChI is InChI=1S/C19H25ClN4O4/c1-3-28-18-14(20)9-13(10-15(18)27-2)11-21-17(25)12-24-19(26)23-8-6-4-5-7-16(23)22-24/h9-10H,3-8,11-12H2,1-2H3,(H,21,25). The van der Waals surface area contributed by atoms with Crippen LogP contribution in [0.5, 0.6) is 11.5 Å². The Balaban J connectivity index is 1.65. The number of carbonyl (C=O) groups is 1. The number of fused-ring (bicyclic) bond motifs is 1. The fraction of sp³-hybridized carbons (Fsp3) is 0.526. The van der Waals surface area contributed by atoms with E-state index in [0.717, 1.165) is 37.1 Å². The largest absolute Gasteiger partial charge is 0.493 e. The minimum Gasteiger partial charge on any atom is -0.493 e. The Morgan fingerprint density at radius 2 is 2.14 bits per heavy atom. The Morgan fingerprint density at radius 1 is 1.32 bits per heavy atom. The van der Waals surface area contributed by atoms with E-state index in [9.17, 15) is 9.59 Å². The number of methoxy groups -OCH3 is 1. The summed E-state index contributed by atoms with van der Waals surface area (Å²) < 4.78 is 13.7. The van der Waals surface area contributed by atoms with Crippen molar-refractivity contribution >= 4 is 17.5 Å². The number of halogens is 1. The molecule has 152 valence electrons. The molecule has 2 aromatic rings. The molecule has 8 nitrogen and oxygen atoms in total. The molecule has 1 aromatic heterocycles. The van der Waals surface area contributed by atoms with Gasteiger partial charge in [-0.25, -0.2) is 9.48 Å². The Labute approximate surface area is 168 Å². The smallest absolute Gasteiger partial charge is 0.346 e. The molecule has 9 heteroatoms. The number of nitrogens with one attached hydrogen (secondary N) is 1. The first-order chi connectivity index (χ1) is 13.5. The van der Waals surface area contributed by atoms with Gasteiger partial charge in [0.25, 0.3) is 0 Å². The summed E-state index contributed by atoms with van der Waals surface area (Å²) in [5.41, 5.74) is 0.546. The fourth-order valence-corrected chi connectivity index (χ4v) is 3.57. The van der Waals surface area contributed by atoms with Crippen LogP contribution in [0.4, 0.5) is 0 Å². The Bertz CT molecular complexity index is 906. The summed E-state index contributed by atoms with van der Waals surface area (Å²) in [4.78, 5) is 24.8. The molecule has 28 heavy (non-hydrogen) atoms. The molecule has 0 bridgehead atoms. The van der Waals surface area contributed by atoms with E-state index < -0.39 is 0 Å². The summed E-state index contributed by atoms with van der Waals surface area (Å²) in [6, 6.07) is 3.49. The van der Waals surface area contributed by atoms with Gasteiger partial charge in [-0.1, -0.05) is 18.0 Å². The number of amides is 1. The molecule has 0 fully saturated rings. The zero-order chi connectivity index (χ0) is 20.1. The second-order valence-corrected chi connectivity index (χ2v) is 7.04. The average molecular weight is 409 g/mol. The maximum atomic E-state index is 12.4. The summed E-state index contributed by atoms with van der Waals surface area (Å²) in [6.45, 7) is 3.14. The van der Waals surface area contributed by atoms with E-state index in [4.69, 9.17) is 21.1 Å². The lowest BCUT2D eigenvalue weighted by Crippen LogP contribution is -2.33.